The Morgan fingerprint density at radius 2 is 1.71 bits per heavy atom. The predicted octanol–water partition coefficient (Wildman–Crippen LogP) is 3.86. The molecule has 0 unspecified atom stereocenters. The number of nitrogens with one attached hydrogen (secondary N) is 3. The number of benzene rings is 3. The lowest BCUT2D eigenvalue weighted by atomic mass is 9.99. The molecule has 38 heavy (non-hydrogen) atoms. The number of carbonyl (C=O) groups is 2. The Morgan fingerprint density at radius 3 is 2.42 bits per heavy atom. The number of amides is 2. The second kappa shape index (κ2) is 11.2. The number of likely N-dealkylation sites (N-methyl/N-ethyl adjacent to an activating group) is 1. The van der Waals surface area contributed by atoms with Crippen LogP contribution in [0.1, 0.15) is 23.6 Å². The average molecular weight is 506 g/mol. The first-order valence-electron chi connectivity index (χ1n) is 12.9. The fourth-order valence-electron chi connectivity index (χ4n) is 4.68. The first-order valence-corrected chi connectivity index (χ1v) is 12.9. The molecule has 7 nitrogen and oxygen atoms in total. The topological polar surface area (TPSA) is 76.7 Å². The minimum absolute atomic E-state index is 0.186. The lowest BCUT2D eigenvalue weighted by molar-refractivity contribution is -0.115. The van der Waals surface area contributed by atoms with Gasteiger partial charge in [0.15, 0.2) is 0 Å². The summed E-state index contributed by atoms with van der Waals surface area (Å²) >= 11 is 0. The Balaban J connectivity index is 1.47. The minimum atomic E-state index is -0.327. The van der Waals surface area contributed by atoms with Gasteiger partial charge in [-0.25, -0.2) is 0 Å². The molecule has 3 aromatic rings. The van der Waals surface area contributed by atoms with E-state index in [1.807, 2.05) is 49.4 Å². The van der Waals surface area contributed by atoms with E-state index in [4.69, 9.17) is 0 Å². The Kier molecular flexibility index (Phi) is 7.43. The summed E-state index contributed by atoms with van der Waals surface area (Å²) in [5.41, 5.74) is 6.43. The van der Waals surface area contributed by atoms with E-state index in [9.17, 15) is 9.59 Å². The largest absolute Gasteiger partial charge is 0.369 e. The van der Waals surface area contributed by atoms with E-state index in [1.54, 1.807) is 6.07 Å². The summed E-state index contributed by atoms with van der Waals surface area (Å²) in [5, 5.41) is 9.16. The maximum absolute atomic E-state index is 13.3. The number of fused-ring (bicyclic) bond motifs is 1. The Bertz CT molecular complexity index is 1430. The highest BCUT2D eigenvalue weighted by molar-refractivity contribution is 6.37. The fourth-order valence-corrected chi connectivity index (χ4v) is 4.68. The Hall–Kier alpha value is -4.54. The third kappa shape index (κ3) is 5.56. The summed E-state index contributed by atoms with van der Waals surface area (Å²) in [6, 6.07) is 23.8. The van der Waals surface area contributed by atoms with Crippen molar-refractivity contribution in [2.45, 2.75) is 6.92 Å². The maximum atomic E-state index is 13.3. The van der Waals surface area contributed by atoms with Crippen LogP contribution in [0.15, 0.2) is 72.8 Å². The molecule has 1 fully saturated rings. The second-order valence-corrected chi connectivity index (χ2v) is 9.40. The zero-order valence-corrected chi connectivity index (χ0v) is 21.7. The van der Waals surface area contributed by atoms with E-state index in [0.717, 1.165) is 48.7 Å². The van der Waals surface area contributed by atoms with Gasteiger partial charge < -0.3 is 25.8 Å². The van der Waals surface area contributed by atoms with Gasteiger partial charge in [-0.15, -0.1) is 0 Å². The van der Waals surface area contributed by atoms with Crippen LogP contribution in [-0.2, 0) is 9.59 Å². The van der Waals surface area contributed by atoms with Crippen LogP contribution in [0.4, 0.5) is 17.1 Å². The average Bonchev–Trinajstić information content (AvgIpc) is 3.26. The van der Waals surface area contributed by atoms with Crippen molar-refractivity contribution < 1.29 is 9.59 Å². The van der Waals surface area contributed by atoms with Gasteiger partial charge in [0.05, 0.1) is 17.0 Å². The van der Waals surface area contributed by atoms with E-state index in [-0.39, 0.29) is 11.8 Å². The summed E-state index contributed by atoms with van der Waals surface area (Å²) in [5.74, 6) is 4.94. The van der Waals surface area contributed by atoms with Crippen molar-refractivity contribution in [3.05, 3.63) is 89.5 Å². The molecule has 5 rings (SSSR count). The summed E-state index contributed by atoms with van der Waals surface area (Å²) in [6.45, 7) is 6.49. The van der Waals surface area contributed by atoms with E-state index in [1.165, 1.54) is 5.69 Å². The molecule has 3 aromatic carbocycles. The number of piperazine rings is 1. The van der Waals surface area contributed by atoms with Crippen LogP contribution in [0, 0.1) is 11.8 Å². The molecule has 0 saturated carbocycles. The van der Waals surface area contributed by atoms with Crippen molar-refractivity contribution in [1.29, 1.82) is 0 Å². The van der Waals surface area contributed by atoms with E-state index in [0.29, 0.717) is 23.4 Å². The van der Waals surface area contributed by atoms with Gasteiger partial charge in [-0.3, -0.25) is 9.59 Å². The number of anilines is 3. The standard InChI is InChI=1S/C31H31N5O2/c1-3-32-28(37)16-10-22-9-15-26-27(21-22)34-31(38)29(26)30(23-7-5-4-6-8-23)33-24-11-13-25(14-12-24)36-19-17-35(2)18-20-36/h4-9,11-15,21,33H,3,17-20H2,1-2H3,(H,32,37)(H,34,38)/b30-29-. The van der Waals surface area contributed by atoms with Crippen molar-refractivity contribution in [1.82, 2.24) is 10.2 Å². The highest BCUT2D eigenvalue weighted by Crippen LogP contribution is 2.38. The highest BCUT2D eigenvalue weighted by atomic mass is 16.2. The monoisotopic (exact) mass is 505 g/mol. The van der Waals surface area contributed by atoms with Crippen LogP contribution in [0.2, 0.25) is 0 Å². The molecule has 2 heterocycles. The van der Waals surface area contributed by atoms with Crippen molar-refractivity contribution in [2.24, 2.45) is 0 Å². The first kappa shape index (κ1) is 25.1. The van der Waals surface area contributed by atoms with Crippen LogP contribution in [0.5, 0.6) is 0 Å². The highest BCUT2D eigenvalue weighted by Gasteiger charge is 2.28. The van der Waals surface area contributed by atoms with Crippen molar-refractivity contribution in [3.8, 4) is 11.8 Å². The second-order valence-electron chi connectivity index (χ2n) is 9.40. The van der Waals surface area contributed by atoms with E-state index >= 15 is 0 Å². The van der Waals surface area contributed by atoms with Crippen molar-refractivity contribution in [2.75, 3.05) is 55.3 Å². The SMILES string of the molecule is CCNC(=O)C#Cc1ccc2c(c1)NC(=O)/C2=C(\Nc1ccc(N2CCN(C)CC2)cc1)c1ccccc1. The smallest absolute Gasteiger partial charge is 0.296 e. The molecule has 2 aliphatic rings. The van der Waals surface area contributed by atoms with Gasteiger partial charge in [0.25, 0.3) is 11.8 Å². The normalized spacial score (nSPS) is 16.2. The van der Waals surface area contributed by atoms with E-state index in [2.05, 4.69) is 68.9 Å². The van der Waals surface area contributed by atoms with Gasteiger partial charge in [-0.05, 0) is 55.9 Å². The molecule has 0 radical (unpaired) electrons. The van der Waals surface area contributed by atoms with Gasteiger partial charge in [-0.1, -0.05) is 42.3 Å². The summed E-state index contributed by atoms with van der Waals surface area (Å²) < 4.78 is 0. The molecule has 1 saturated heterocycles. The molecule has 0 spiro atoms. The number of hydrogen-bond acceptors (Lipinski definition) is 5. The number of carbonyl (C=O) groups excluding carboxylic acids is 2. The molecule has 0 bridgehead atoms. The Labute approximate surface area is 223 Å². The van der Waals surface area contributed by atoms with Crippen LogP contribution in [0.3, 0.4) is 0 Å². The molecule has 0 atom stereocenters. The van der Waals surface area contributed by atoms with Gasteiger partial charge >= 0.3 is 0 Å². The van der Waals surface area contributed by atoms with Crippen LogP contribution in [-0.4, -0.2) is 56.5 Å². The van der Waals surface area contributed by atoms with Gasteiger partial charge in [0.1, 0.15) is 0 Å². The summed E-state index contributed by atoms with van der Waals surface area (Å²) in [4.78, 5) is 29.7. The van der Waals surface area contributed by atoms with E-state index < -0.39 is 0 Å². The summed E-state index contributed by atoms with van der Waals surface area (Å²) in [6.07, 6.45) is 0. The minimum Gasteiger partial charge on any atom is -0.369 e. The van der Waals surface area contributed by atoms with Gasteiger partial charge in [-0.2, -0.15) is 0 Å². The maximum Gasteiger partial charge on any atom is 0.296 e. The third-order valence-electron chi connectivity index (χ3n) is 6.74. The molecule has 0 aliphatic carbocycles. The molecule has 3 N–H and O–H groups in total. The molecule has 7 heteroatoms. The molecule has 2 aliphatic heterocycles. The first-order chi connectivity index (χ1) is 18.5. The molecular weight excluding hydrogens is 474 g/mol. The molecule has 2 amide bonds. The predicted molar refractivity (Wildman–Crippen MR) is 154 cm³/mol. The summed E-state index contributed by atoms with van der Waals surface area (Å²) in [7, 11) is 2.15. The van der Waals surface area contributed by atoms with Gasteiger partial charge in [0, 0.05) is 61.1 Å². The zero-order valence-electron chi connectivity index (χ0n) is 21.7. The van der Waals surface area contributed by atoms with Gasteiger partial charge in [0.2, 0.25) is 0 Å². The van der Waals surface area contributed by atoms with Crippen LogP contribution < -0.4 is 20.9 Å². The van der Waals surface area contributed by atoms with Crippen molar-refractivity contribution >= 4 is 40.1 Å². The van der Waals surface area contributed by atoms with Crippen LogP contribution in [0.25, 0.3) is 11.3 Å². The zero-order chi connectivity index (χ0) is 26.5. The molecular formula is C31H31N5O2. The Morgan fingerprint density at radius 1 is 0.974 bits per heavy atom. The number of hydrogen-bond donors (Lipinski definition) is 3. The molecule has 0 aromatic heterocycles. The molecule has 192 valence electrons. The van der Waals surface area contributed by atoms with Crippen LogP contribution >= 0.6 is 0 Å². The number of nitrogens with zero attached hydrogens (tertiary/aromatic N) is 2. The lowest BCUT2D eigenvalue weighted by Gasteiger charge is -2.34. The lowest BCUT2D eigenvalue weighted by Crippen LogP contribution is -2.44. The third-order valence-corrected chi connectivity index (χ3v) is 6.74. The number of rotatable bonds is 5. The quantitative estimate of drug-likeness (QED) is 0.363. The fraction of sp³-hybridized carbons (Fsp3) is 0.226. The van der Waals surface area contributed by atoms with Crippen molar-refractivity contribution in [3.63, 3.8) is 0 Å².